The number of aromatic amines is 1. The molecule has 0 spiro atoms. The Morgan fingerprint density at radius 3 is 2.39 bits per heavy atom. The molecule has 3 N–H and O–H groups in total. The van der Waals surface area contributed by atoms with Crippen LogP contribution in [0.3, 0.4) is 0 Å². The normalized spacial score (nSPS) is 10.9. The molecule has 0 saturated heterocycles. The van der Waals surface area contributed by atoms with Crippen LogP contribution >= 0.6 is 0 Å². The molecule has 0 aliphatic rings. The van der Waals surface area contributed by atoms with Crippen molar-refractivity contribution in [1.29, 1.82) is 0 Å². The number of hydrogen-bond acceptors (Lipinski definition) is 3. The monoisotopic (exact) mass is 499 g/mol. The molecule has 3 aromatic carbocycles. The van der Waals surface area contributed by atoms with Crippen LogP contribution in [0.4, 0.5) is 23.2 Å². The zero-order valence-corrected chi connectivity index (χ0v) is 19.1. The number of rotatable bonds is 8. The molecule has 0 unspecified atom stereocenters. The third-order valence-corrected chi connectivity index (χ3v) is 5.60. The number of halogens is 4. The number of carbonyl (C=O) groups is 2. The molecule has 1 aromatic heterocycles. The van der Waals surface area contributed by atoms with Gasteiger partial charge in [0.25, 0.3) is 0 Å². The zero-order chi connectivity index (χ0) is 25.8. The summed E-state index contributed by atoms with van der Waals surface area (Å²) >= 11 is 0. The van der Waals surface area contributed by atoms with E-state index in [4.69, 9.17) is 4.74 Å². The summed E-state index contributed by atoms with van der Waals surface area (Å²) in [6, 6.07) is 13.1. The van der Waals surface area contributed by atoms with Crippen molar-refractivity contribution >= 4 is 28.4 Å². The maximum Gasteiger partial charge on any atom is 0.243 e. The predicted molar refractivity (Wildman–Crippen MR) is 127 cm³/mol. The molecular weight excluding hydrogens is 478 g/mol. The Balaban J connectivity index is 1.44. The number of anilines is 1. The van der Waals surface area contributed by atoms with Crippen LogP contribution in [0.25, 0.3) is 22.2 Å². The van der Waals surface area contributed by atoms with Crippen LogP contribution in [-0.2, 0) is 16.0 Å². The number of amides is 2. The number of ether oxygens (including phenoxy) is 1. The Morgan fingerprint density at radius 1 is 0.917 bits per heavy atom. The number of aryl methyl sites for hydroxylation is 1. The van der Waals surface area contributed by atoms with Crippen molar-refractivity contribution in [2.45, 2.75) is 12.8 Å². The fourth-order valence-corrected chi connectivity index (χ4v) is 3.81. The van der Waals surface area contributed by atoms with Crippen LogP contribution in [0.5, 0.6) is 5.75 Å². The highest BCUT2D eigenvalue weighted by atomic mass is 19.2. The molecule has 6 nitrogen and oxygen atoms in total. The molecule has 4 rings (SSSR count). The molecule has 1 heterocycles. The van der Waals surface area contributed by atoms with Gasteiger partial charge >= 0.3 is 0 Å². The lowest BCUT2D eigenvalue weighted by Crippen LogP contribution is -2.33. The molecule has 2 amide bonds. The van der Waals surface area contributed by atoms with E-state index in [1.54, 1.807) is 25.3 Å². The van der Waals surface area contributed by atoms with Gasteiger partial charge in [0.2, 0.25) is 11.8 Å². The van der Waals surface area contributed by atoms with Crippen LogP contribution in [0.2, 0.25) is 0 Å². The summed E-state index contributed by atoms with van der Waals surface area (Å²) in [5.41, 5.74) is 2.41. The number of nitrogens with one attached hydrogen (secondary N) is 3. The Morgan fingerprint density at radius 2 is 1.67 bits per heavy atom. The fraction of sp³-hybridized carbons (Fsp3) is 0.154. The Labute approximate surface area is 203 Å². The van der Waals surface area contributed by atoms with Gasteiger partial charge in [-0.25, -0.2) is 17.6 Å². The van der Waals surface area contributed by atoms with E-state index >= 15 is 0 Å². The highest BCUT2D eigenvalue weighted by Crippen LogP contribution is 2.32. The second-order valence-electron chi connectivity index (χ2n) is 7.94. The highest BCUT2D eigenvalue weighted by Gasteiger charge is 2.17. The van der Waals surface area contributed by atoms with Crippen LogP contribution in [0.15, 0.2) is 54.6 Å². The Hall–Kier alpha value is -4.34. The molecule has 4 aromatic rings. The molecule has 0 saturated carbocycles. The topological polar surface area (TPSA) is 83.2 Å². The maximum absolute atomic E-state index is 14.0. The number of H-pyrrole nitrogens is 1. The van der Waals surface area contributed by atoms with Gasteiger partial charge in [-0.1, -0.05) is 0 Å². The van der Waals surface area contributed by atoms with Gasteiger partial charge in [0.05, 0.1) is 19.3 Å². The third kappa shape index (κ3) is 5.32. The molecule has 0 aliphatic carbocycles. The second-order valence-corrected chi connectivity index (χ2v) is 7.94. The van der Waals surface area contributed by atoms with Crippen molar-refractivity contribution < 1.29 is 31.9 Å². The average molecular weight is 499 g/mol. The minimum absolute atomic E-state index is 0.0283. The van der Waals surface area contributed by atoms with E-state index < -0.39 is 47.3 Å². The van der Waals surface area contributed by atoms with E-state index in [0.29, 0.717) is 22.7 Å². The summed E-state index contributed by atoms with van der Waals surface area (Å²) in [5, 5.41) is 5.11. The average Bonchev–Trinajstić information content (AvgIpc) is 3.24. The van der Waals surface area contributed by atoms with Gasteiger partial charge in [0.1, 0.15) is 11.6 Å². The smallest absolute Gasteiger partial charge is 0.243 e. The number of fused-ring (bicyclic) bond motifs is 1. The van der Waals surface area contributed by atoms with Crippen molar-refractivity contribution in [1.82, 2.24) is 10.3 Å². The maximum atomic E-state index is 14.0. The summed E-state index contributed by atoms with van der Waals surface area (Å²) in [6.07, 6.45) is 0.204. The van der Waals surface area contributed by atoms with Gasteiger partial charge in [-0.3, -0.25) is 9.59 Å². The number of methoxy groups -OCH3 is 1. The first-order valence-electron chi connectivity index (χ1n) is 10.9. The summed E-state index contributed by atoms with van der Waals surface area (Å²) in [7, 11) is 1.56. The lowest BCUT2D eigenvalue weighted by Gasteiger charge is -2.09. The quantitative estimate of drug-likeness (QED) is 0.233. The highest BCUT2D eigenvalue weighted by molar-refractivity contribution is 5.95. The molecule has 0 radical (unpaired) electrons. The van der Waals surface area contributed by atoms with E-state index in [2.05, 4.69) is 15.6 Å². The van der Waals surface area contributed by atoms with E-state index in [0.717, 1.165) is 22.9 Å². The Bertz CT molecular complexity index is 1430. The van der Waals surface area contributed by atoms with Crippen molar-refractivity contribution in [2.24, 2.45) is 0 Å². The van der Waals surface area contributed by atoms with Gasteiger partial charge in [-0.05, 0) is 72.1 Å². The Kier molecular flexibility index (Phi) is 7.23. The summed E-state index contributed by atoms with van der Waals surface area (Å²) in [6.45, 7) is -0.509. The second kappa shape index (κ2) is 10.5. The SMILES string of the molecule is COc1ccc(-c2[nH]c3ccc(F)cc3c2CCC(=O)NCC(=O)Nc2ccc(F)c(F)c2F)cc1. The van der Waals surface area contributed by atoms with Crippen molar-refractivity contribution in [2.75, 3.05) is 19.0 Å². The van der Waals surface area contributed by atoms with Crippen LogP contribution in [-0.4, -0.2) is 30.5 Å². The van der Waals surface area contributed by atoms with Gasteiger partial charge < -0.3 is 20.4 Å². The van der Waals surface area contributed by atoms with Crippen LogP contribution in [0.1, 0.15) is 12.0 Å². The van der Waals surface area contributed by atoms with Crippen LogP contribution < -0.4 is 15.4 Å². The van der Waals surface area contributed by atoms with Gasteiger partial charge in [-0.15, -0.1) is 0 Å². The largest absolute Gasteiger partial charge is 0.497 e. The van der Waals surface area contributed by atoms with Gasteiger partial charge in [0.15, 0.2) is 17.5 Å². The molecule has 0 aliphatic heterocycles. The van der Waals surface area contributed by atoms with Crippen LogP contribution in [0, 0.1) is 23.3 Å². The molecular formula is C26H21F4N3O3. The van der Waals surface area contributed by atoms with Crippen molar-refractivity contribution in [3.63, 3.8) is 0 Å². The molecule has 0 bridgehead atoms. The molecule has 186 valence electrons. The fourth-order valence-electron chi connectivity index (χ4n) is 3.81. The van der Waals surface area contributed by atoms with Gasteiger partial charge in [0, 0.05) is 23.0 Å². The van der Waals surface area contributed by atoms with Crippen molar-refractivity contribution in [3.8, 4) is 17.0 Å². The summed E-state index contributed by atoms with van der Waals surface area (Å²) < 4.78 is 59.2. The molecule has 36 heavy (non-hydrogen) atoms. The minimum Gasteiger partial charge on any atom is -0.497 e. The van der Waals surface area contributed by atoms with E-state index in [-0.39, 0.29) is 12.8 Å². The van der Waals surface area contributed by atoms with E-state index in [1.807, 2.05) is 12.1 Å². The van der Waals surface area contributed by atoms with Gasteiger partial charge in [-0.2, -0.15) is 0 Å². The zero-order valence-electron chi connectivity index (χ0n) is 19.1. The first kappa shape index (κ1) is 24.8. The van der Waals surface area contributed by atoms with Crippen molar-refractivity contribution in [3.05, 3.63) is 83.4 Å². The predicted octanol–water partition coefficient (Wildman–Crippen LogP) is 5.09. The lowest BCUT2D eigenvalue weighted by molar-refractivity contribution is -0.124. The lowest BCUT2D eigenvalue weighted by atomic mass is 10.0. The molecule has 0 fully saturated rings. The number of carbonyl (C=O) groups excluding carboxylic acids is 2. The minimum atomic E-state index is -1.71. The summed E-state index contributed by atoms with van der Waals surface area (Å²) in [4.78, 5) is 27.7. The first-order chi connectivity index (χ1) is 17.3. The van der Waals surface area contributed by atoms with E-state index in [1.165, 1.54) is 12.1 Å². The molecule has 0 atom stereocenters. The number of benzene rings is 3. The number of hydrogen-bond donors (Lipinski definition) is 3. The standard InChI is InChI=1S/C26H21F4N3O3/c1-36-16-5-2-14(3-6-16)26-17(18-12-15(27)4-9-20(18)33-26)7-11-22(34)31-13-23(35)32-21-10-8-19(28)24(29)25(21)30/h2-6,8-10,12,33H,7,11,13H2,1H3,(H,31,34)(H,32,35). The number of aromatic nitrogens is 1. The van der Waals surface area contributed by atoms with E-state index in [9.17, 15) is 27.2 Å². The third-order valence-electron chi connectivity index (χ3n) is 5.60. The molecule has 10 heteroatoms. The first-order valence-corrected chi connectivity index (χ1v) is 10.9. The summed E-state index contributed by atoms with van der Waals surface area (Å²) in [5.74, 6) is -5.68.